The lowest BCUT2D eigenvalue weighted by atomic mass is 10.2. The van der Waals surface area contributed by atoms with Gasteiger partial charge in [-0.25, -0.2) is 9.87 Å². The first-order valence-electron chi connectivity index (χ1n) is 4.65. The van der Waals surface area contributed by atoms with E-state index in [9.17, 15) is 14.0 Å². The molecule has 1 atom stereocenters. The molecule has 0 saturated carbocycles. The number of halogens is 1. The molecule has 2 rings (SSSR count). The van der Waals surface area contributed by atoms with E-state index in [0.717, 1.165) is 0 Å². The van der Waals surface area contributed by atoms with Crippen LogP contribution in [0.3, 0.4) is 0 Å². The number of hydrogen-bond donors (Lipinski definition) is 2. The maximum atomic E-state index is 12.6. The summed E-state index contributed by atoms with van der Waals surface area (Å²) in [6.45, 7) is 0.0891. The summed E-state index contributed by atoms with van der Waals surface area (Å²) in [6.07, 6.45) is 0. The van der Waals surface area contributed by atoms with Crippen LogP contribution in [0.25, 0.3) is 0 Å². The third kappa shape index (κ3) is 2.17. The fourth-order valence-electron chi connectivity index (χ4n) is 1.29. The Bertz CT molecular complexity index is 419. The van der Waals surface area contributed by atoms with E-state index < -0.39 is 23.7 Å². The lowest BCUT2D eigenvalue weighted by Gasteiger charge is -2.07. The van der Waals surface area contributed by atoms with Gasteiger partial charge in [-0.05, 0) is 24.3 Å². The topological polar surface area (TPSA) is 67.4 Å². The van der Waals surface area contributed by atoms with E-state index in [4.69, 9.17) is 0 Å². The molecule has 0 aromatic heterocycles. The summed E-state index contributed by atoms with van der Waals surface area (Å²) in [5.41, 5.74) is 2.41. The van der Waals surface area contributed by atoms with E-state index in [-0.39, 0.29) is 6.61 Å². The molecule has 16 heavy (non-hydrogen) atoms. The molecule has 2 amide bonds. The van der Waals surface area contributed by atoms with Crippen LogP contribution in [0.2, 0.25) is 0 Å². The zero-order valence-electron chi connectivity index (χ0n) is 8.20. The van der Waals surface area contributed by atoms with Gasteiger partial charge in [0.1, 0.15) is 18.5 Å². The smallest absolute Gasteiger partial charge is 0.268 e. The van der Waals surface area contributed by atoms with Crippen molar-refractivity contribution in [2.75, 3.05) is 6.61 Å². The number of nitrogens with one attached hydrogen (secondary N) is 2. The summed E-state index contributed by atoms with van der Waals surface area (Å²) < 4.78 is 12.6. The number of carbonyl (C=O) groups is 2. The highest BCUT2D eigenvalue weighted by molar-refractivity contribution is 5.97. The van der Waals surface area contributed by atoms with Gasteiger partial charge in [0, 0.05) is 5.56 Å². The maximum absolute atomic E-state index is 12.6. The van der Waals surface area contributed by atoms with Gasteiger partial charge in [-0.1, -0.05) is 0 Å². The summed E-state index contributed by atoms with van der Waals surface area (Å²) in [6, 6.07) is 4.36. The minimum absolute atomic E-state index is 0.0891. The van der Waals surface area contributed by atoms with Gasteiger partial charge in [0.25, 0.3) is 11.8 Å². The van der Waals surface area contributed by atoms with Crippen LogP contribution in [0.5, 0.6) is 0 Å². The van der Waals surface area contributed by atoms with Gasteiger partial charge in [0.15, 0.2) is 0 Å². The van der Waals surface area contributed by atoms with Crippen molar-refractivity contribution in [2.24, 2.45) is 0 Å². The molecular formula is C10H9FN2O3. The minimum atomic E-state index is -0.697. The second kappa shape index (κ2) is 4.28. The first-order valence-corrected chi connectivity index (χ1v) is 4.65. The molecule has 1 aliphatic rings. The Kier molecular flexibility index (Phi) is 2.82. The number of amides is 2. The van der Waals surface area contributed by atoms with Gasteiger partial charge >= 0.3 is 0 Å². The lowest BCUT2D eigenvalue weighted by molar-refractivity contribution is -0.125. The molecule has 0 radical (unpaired) electrons. The van der Waals surface area contributed by atoms with Crippen molar-refractivity contribution in [3.63, 3.8) is 0 Å². The quantitative estimate of drug-likeness (QED) is 0.742. The molecule has 1 aromatic carbocycles. The van der Waals surface area contributed by atoms with Gasteiger partial charge in [-0.3, -0.25) is 14.4 Å². The Balaban J connectivity index is 2.02. The average molecular weight is 224 g/mol. The Morgan fingerprint density at radius 3 is 2.69 bits per heavy atom. The first-order chi connectivity index (χ1) is 7.66. The molecule has 1 aromatic rings. The van der Waals surface area contributed by atoms with Crippen molar-refractivity contribution in [3.05, 3.63) is 35.6 Å². The van der Waals surface area contributed by atoms with Crippen LogP contribution in [0.4, 0.5) is 4.39 Å². The molecule has 5 nitrogen and oxygen atoms in total. The van der Waals surface area contributed by atoms with E-state index in [0.29, 0.717) is 5.56 Å². The summed E-state index contributed by atoms with van der Waals surface area (Å²) >= 11 is 0. The van der Waals surface area contributed by atoms with Crippen LogP contribution in [-0.4, -0.2) is 24.5 Å². The normalized spacial score (nSPS) is 19.3. The molecule has 1 fully saturated rings. The van der Waals surface area contributed by atoms with Gasteiger partial charge in [-0.15, -0.1) is 0 Å². The Labute approximate surface area is 90.5 Å². The van der Waals surface area contributed by atoms with Gasteiger partial charge in [0.2, 0.25) is 0 Å². The van der Waals surface area contributed by atoms with Crippen LogP contribution in [0.15, 0.2) is 24.3 Å². The van der Waals surface area contributed by atoms with E-state index in [1.807, 2.05) is 0 Å². The van der Waals surface area contributed by atoms with E-state index >= 15 is 0 Å². The predicted molar refractivity (Wildman–Crippen MR) is 51.7 cm³/mol. The average Bonchev–Trinajstić information content (AvgIpc) is 2.65. The van der Waals surface area contributed by atoms with Crippen LogP contribution >= 0.6 is 0 Å². The molecule has 0 spiro atoms. The van der Waals surface area contributed by atoms with Crippen LogP contribution < -0.4 is 10.8 Å². The maximum Gasteiger partial charge on any atom is 0.268 e. The van der Waals surface area contributed by atoms with E-state index in [2.05, 4.69) is 15.6 Å². The molecule has 2 N–H and O–H groups in total. The second-order valence-electron chi connectivity index (χ2n) is 3.31. The molecule has 84 valence electrons. The standard InChI is InChI=1S/C10H9FN2O3/c11-7-3-1-6(2-4-7)9(14)12-8-5-16-13-10(8)15/h1-4,8H,5H2,(H,12,14)(H,13,15). The molecule has 1 saturated heterocycles. The summed E-state index contributed by atoms with van der Waals surface area (Å²) in [7, 11) is 0. The third-order valence-corrected chi connectivity index (χ3v) is 2.15. The molecule has 0 aliphatic carbocycles. The number of rotatable bonds is 2. The zero-order valence-corrected chi connectivity index (χ0v) is 8.20. The van der Waals surface area contributed by atoms with Crippen LogP contribution in [0.1, 0.15) is 10.4 Å². The van der Waals surface area contributed by atoms with E-state index in [1.165, 1.54) is 24.3 Å². The molecule has 1 unspecified atom stereocenters. The van der Waals surface area contributed by atoms with Crippen molar-refractivity contribution < 1.29 is 18.8 Å². The number of benzene rings is 1. The Hall–Kier alpha value is -1.95. The minimum Gasteiger partial charge on any atom is -0.338 e. The fraction of sp³-hybridized carbons (Fsp3) is 0.200. The summed E-state index contributed by atoms with van der Waals surface area (Å²) in [5, 5.41) is 2.47. The number of carbonyl (C=O) groups excluding carboxylic acids is 2. The second-order valence-corrected chi connectivity index (χ2v) is 3.31. The SMILES string of the molecule is O=C(NC1CONC1=O)c1ccc(F)cc1. The molecule has 1 aliphatic heterocycles. The van der Waals surface area contributed by atoms with Crippen LogP contribution in [-0.2, 0) is 9.63 Å². The Morgan fingerprint density at radius 1 is 1.44 bits per heavy atom. The molecule has 0 bridgehead atoms. The van der Waals surface area contributed by atoms with Crippen molar-refractivity contribution in [1.29, 1.82) is 0 Å². The number of hydrogen-bond acceptors (Lipinski definition) is 3. The molecule has 1 heterocycles. The predicted octanol–water partition coefficient (Wildman–Crippen LogP) is -0.0145. The van der Waals surface area contributed by atoms with E-state index in [1.54, 1.807) is 0 Å². The van der Waals surface area contributed by atoms with Gasteiger partial charge in [0.05, 0.1) is 0 Å². The van der Waals surface area contributed by atoms with Crippen molar-refractivity contribution in [1.82, 2.24) is 10.8 Å². The lowest BCUT2D eigenvalue weighted by Crippen LogP contribution is -2.41. The monoisotopic (exact) mass is 224 g/mol. The third-order valence-electron chi connectivity index (χ3n) is 2.15. The van der Waals surface area contributed by atoms with Crippen LogP contribution in [0, 0.1) is 5.82 Å². The fourth-order valence-corrected chi connectivity index (χ4v) is 1.29. The summed E-state index contributed by atoms with van der Waals surface area (Å²) in [5.74, 6) is -1.25. The van der Waals surface area contributed by atoms with Crippen molar-refractivity contribution in [2.45, 2.75) is 6.04 Å². The highest BCUT2D eigenvalue weighted by atomic mass is 19.1. The highest BCUT2D eigenvalue weighted by Gasteiger charge is 2.27. The highest BCUT2D eigenvalue weighted by Crippen LogP contribution is 2.04. The number of hydroxylamine groups is 1. The summed E-state index contributed by atoms with van der Waals surface area (Å²) in [4.78, 5) is 27.3. The first kappa shape index (κ1) is 10.6. The molecule has 6 heteroatoms. The van der Waals surface area contributed by atoms with Crippen molar-refractivity contribution >= 4 is 11.8 Å². The van der Waals surface area contributed by atoms with Gasteiger partial charge < -0.3 is 5.32 Å². The zero-order chi connectivity index (χ0) is 11.5. The van der Waals surface area contributed by atoms with Gasteiger partial charge in [-0.2, -0.15) is 0 Å². The molecular weight excluding hydrogens is 215 g/mol. The largest absolute Gasteiger partial charge is 0.338 e. The van der Waals surface area contributed by atoms with Crippen molar-refractivity contribution in [3.8, 4) is 0 Å². The Morgan fingerprint density at radius 2 is 2.12 bits per heavy atom.